The number of halogens is 1. The van der Waals surface area contributed by atoms with Gasteiger partial charge < -0.3 is 10.1 Å². The van der Waals surface area contributed by atoms with Gasteiger partial charge in [0.25, 0.3) is 5.91 Å². The summed E-state index contributed by atoms with van der Waals surface area (Å²) in [6.45, 7) is 2.36. The van der Waals surface area contributed by atoms with E-state index in [0.29, 0.717) is 17.9 Å². The Bertz CT molecular complexity index is 1100. The van der Waals surface area contributed by atoms with Crippen LogP contribution < -0.4 is 10.1 Å². The van der Waals surface area contributed by atoms with Crippen LogP contribution in [-0.2, 0) is 11.4 Å². The van der Waals surface area contributed by atoms with Gasteiger partial charge in [-0.3, -0.25) is 4.79 Å². The molecule has 0 heterocycles. The molecule has 144 valence electrons. The third-order valence-corrected chi connectivity index (χ3v) is 4.18. The van der Waals surface area contributed by atoms with Crippen molar-refractivity contribution in [1.82, 2.24) is 0 Å². The molecule has 0 saturated carbocycles. The Labute approximate surface area is 168 Å². The maximum absolute atomic E-state index is 13.8. The highest BCUT2D eigenvalue weighted by Crippen LogP contribution is 2.23. The summed E-state index contributed by atoms with van der Waals surface area (Å²) in [5, 5.41) is 11.8. The van der Waals surface area contributed by atoms with Crippen molar-refractivity contribution >= 4 is 17.7 Å². The van der Waals surface area contributed by atoms with Gasteiger partial charge in [0.05, 0.1) is 5.69 Å². The van der Waals surface area contributed by atoms with E-state index in [9.17, 15) is 14.4 Å². The summed E-state index contributed by atoms with van der Waals surface area (Å²) >= 11 is 0. The zero-order chi connectivity index (χ0) is 20.6. The summed E-state index contributed by atoms with van der Waals surface area (Å²) in [4.78, 5) is 12.4. The largest absolute Gasteiger partial charge is 0.488 e. The molecule has 0 atom stereocenters. The SMILES string of the molecule is Cc1cccc(COc2ccccc2/C=C(/C#N)C(=O)Nc2ccccc2F)c1. The van der Waals surface area contributed by atoms with Gasteiger partial charge >= 0.3 is 0 Å². The van der Waals surface area contributed by atoms with Crippen molar-refractivity contribution in [2.24, 2.45) is 0 Å². The molecule has 0 aromatic heterocycles. The predicted molar refractivity (Wildman–Crippen MR) is 111 cm³/mol. The van der Waals surface area contributed by atoms with Crippen LogP contribution in [0.3, 0.4) is 0 Å². The smallest absolute Gasteiger partial charge is 0.266 e. The Morgan fingerprint density at radius 1 is 1.10 bits per heavy atom. The molecule has 0 saturated heterocycles. The molecule has 3 aromatic rings. The number of amides is 1. The Morgan fingerprint density at radius 2 is 1.86 bits per heavy atom. The number of anilines is 1. The number of ether oxygens (including phenoxy) is 1. The molecular formula is C24H19FN2O2. The third kappa shape index (κ3) is 5.30. The lowest BCUT2D eigenvalue weighted by molar-refractivity contribution is -0.112. The molecule has 0 aliphatic rings. The minimum atomic E-state index is -0.689. The topological polar surface area (TPSA) is 62.1 Å². The number of nitriles is 1. The van der Waals surface area contributed by atoms with E-state index in [1.54, 1.807) is 24.3 Å². The van der Waals surface area contributed by atoms with Crippen LogP contribution in [0.4, 0.5) is 10.1 Å². The minimum absolute atomic E-state index is 0.0163. The number of para-hydroxylation sites is 2. The van der Waals surface area contributed by atoms with Gasteiger partial charge in [-0.05, 0) is 36.8 Å². The molecule has 1 N–H and O–H groups in total. The fraction of sp³-hybridized carbons (Fsp3) is 0.0833. The van der Waals surface area contributed by atoms with Gasteiger partial charge in [0.1, 0.15) is 29.8 Å². The lowest BCUT2D eigenvalue weighted by Gasteiger charge is -2.10. The molecule has 0 fully saturated rings. The van der Waals surface area contributed by atoms with E-state index in [1.807, 2.05) is 43.3 Å². The summed E-state index contributed by atoms with van der Waals surface area (Å²) in [6.07, 6.45) is 1.43. The Hall–Kier alpha value is -3.91. The molecule has 29 heavy (non-hydrogen) atoms. The van der Waals surface area contributed by atoms with Crippen molar-refractivity contribution in [3.8, 4) is 11.8 Å². The van der Waals surface area contributed by atoms with Gasteiger partial charge in [-0.2, -0.15) is 5.26 Å². The Morgan fingerprint density at radius 3 is 2.62 bits per heavy atom. The average molecular weight is 386 g/mol. The Kier molecular flexibility index (Phi) is 6.39. The van der Waals surface area contributed by atoms with Crippen LogP contribution >= 0.6 is 0 Å². The molecule has 3 rings (SSSR count). The van der Waals surface area contributed by atoms with Gasteiger partial charge in [-0.15, -0.1) is 0 Å². The number of nitrogens with one attached hydrogen (secondary N) is 1. The first-order valence-corrected chi connectivity index (χ1v) is 9.02. The number of rotatable bonds is 6. The lowest BCUT2D eigenvalue weighted by Crippen LogP contribution is -2.14. The normalized spacial score (nSPS) is 10.9. The van der Waals surface area contributed by atoms with Crippen molar-refractivity contribution in [2.75, 3.05) is 5.32 Å². The van der Waals surface area contributed by atoms with Gasteiger partial charge in [-0.1, -0.05) is 60.2 Å². The summed E-state index contributed by atoms with van der Waals surface area (Å²) < 4.78 is 19.7. The highest BCUT2D eigenvalue weighted by Gasteiger charge is 2.13. The minimum Gasteiger partial charge on any atom is -0.488 e. The maximum atomic E-state index is 13.8. The van der Waals surface area contributed by atoms with Crippen molar-refractivity contribution in [3.63, 3.8) is 0 Å². The average Bonchev–Trinajstić information content (AvgIpc) is 2.73. The molecule has 0 spiro atoms. The zero-order valence-corrected chi connectivity index (χ0v) is 15.9. The number of aryl methyl sites for hydroxylation is 1. The van der Waals surface area contributed by atoms with Crippen LogP contribution in [0, 0.1) is 24.1 Å². The highest BCUT2D eigenvalue weighted by molar-refractivity contribution is 6.09. The quantitative estimate of drug-likeness (QED) is 0.464. The number of hydrogen-bond donors (Lipinski definition) is 1. The monoisotopic (exact) mass is 386 g/mol. The van der Waals surface area contributed by atoms with Crippen molar-refractivity contribution < 1.29 is 13.9 Å². The van der Waals surface area contributed by atoms with E-state index in [0.717, 1.165) is 11.1 Å². The van der Waals surface area contributed by atoms with Crippen LogP contribution in [0.5, 0.6) is 5.75 Å². The third-order valence-electron chi connectivity index (χ3n) is 4.18. The van der Waals surface area contributed by atoms with Crippen LogP contribution in [0.1, 0.15) is 16.7 Å². The van der Waals surface area contributed by atoms with E-state index in [-0.39, 0.29) is 11.3 Å². The van der Waals surface area contributed by atoms with E-state index in [2.05, 4.69) is 5.32 Å². The second-order valence-electron chi connectivity index (χ2n) is 6.42. The second-order valence-corrected chi connectivity index (χ2v) is 6.42. The van der Waals surface area contributed by atoms with E-state index >= 15 is 0 Å². The summed E-state index contributed by atoms with van der Waals surface area (Å²) in [5.41, 5.74) is 2.60. The van der Waals surface area contributed by atoms with E-state index < -0.39 is 11.7 Å². The number of carbonyl (C=O) groups is 1. The van der Waals surface area contributed by atoms with Crippen LogP contribution in [0.2, 0.25) is 0 Å². The second kappa shape index (κ2) is 9.34. The predicted octanol–water partition coefficient (Wildman–Crippen LogP) is 5.26. The van der Waals surface area contributed by atoms with Crippen LogP contribution in [0.15, 0.2) is 78.4 Å². The summed E-state index contributed by atoms with van der Waals surface area (Å²) in [6, 6.07) is 22.7. The molecule has 0 aliphatic heterocycles. The van der Waals surface area contributed by atoms with Crippen LogP contribution in [-0.4, -0.2) is 5.91 Å². The number of carbonyl (C=O) groups excluding carboxylic acids is 1. The van der Waals surface area contributed by atoms with Gasteiger partial charge in [-0.25, -0.2) is 4.39 Å². The van der Waals surface area contributed by atoms with Crippen molar-refractivity contribution in [1.29, 1.82) is 5.26 Å². The van der Waals surface area contributed by atoms with Gasteiger partial charge in [0, 0.05) is 5.56 Å². The lowest BCUT2D eigenvalue weighted by atomic mass is 10.1. The fourth-order valence-electron chi connectivity index (χ4n) is 2.75. The van der Waals surface area contributed by atoms with E-state index in [1.165, 1.54) is 24.3 Å². The maximum Gasteiger partial charge on any atom is 0.266 e. The fourth-order valence-corrected chi connectivity index (χ4v) is 2.75. The first kappa shape index (κ1) is 19.8. The number of hydrogen-bond acceptors (Lipinski definition) is 3. The molecule has 3 aromatic carbocycles. The van der Waals surface area contributed by atoms with E-state index in [4.69, 9.17) is 4.74 Å². The van der Waals surface area contributed by atoms with Gasteiger partial charge in [0.15, 0.2) is 0 Å². The summed E-state index contributed by atoms with van der Waals surface area (Å²) in [7, 11) is 0. The molecule has 0 aliphatic carbocycles. The first-order chi connectivity index (χ1) is 14.1. The summed E-state index contributed by atoms with van der Waals surface area (Å²) in [5.74, 6) is -0.716. The van der Waals surface area contributed by atoms with Crippen molar-refractivity contribution in [3.05, 3.63) is 101 Å². The molecule has 0 bridgehead atoms. The number of benzene rings is 3. The van der Waals surface area contributed by atoms with Gasteiger partial charge in [0.2, 0.25) is 0 Å². The van der Waals surface area contributed by atoms with Crippen molar-refractivity contribution in [2.45, 2.75) is 13.5 Å². The van der Waals surface area contributed by atoms with Crippen LogP contribution in [0.25, 0.3) is 6.08 Å². The molecular weight excluding hydrogens is 367 g/mol. The standard InChI is InChI=1S/C24H19FN2O2/c1-17-7-6-8-18(13-17)16-29-23-12-5-2-9-19(23)14-20(15-26)24(28)27-22-11-4-3-10-21(22)25/h2-14H,16H2,1H3,(H,27,28)/b20-14-. The number of nitrogens with zero attached hydrogens (tertiary/aromatic N) is 1. The molecule has 0 radical (unpaired) electrons. The molecule has 0 unspecified atom stereocenters. The molecule has 4 nitrogen and oxygen atoms in total. The first-order valence-electron chi connectivity index (χ1n) is 9.02. The zero-order valence-electron chi connectivity index (χ0n) is 15.9. The molecule has 1 amide bonds. The highest BCUT2D eigenvalue weighted by atomic mass is 19.1. The molecule has 5 heteroatoms. The Balaban J connectivity index is 1.80.